The molecule has 0 unspecified atom stereocenters. The van der Waals surface area contributed by atoms with E-state index in [4.69, 9.17) is 0 Å². The predicted molar refractivity (Wildman–Crippen MR) is 103 cm³/mol. The van der Waals surface area contributed by atoms with Gasteiger partial charge in [0, 0.05) is 13.9 Å². The van der Waals surface area contributed by atoms with Gasteiger partial charge in [0.25, 0.3) is 7.82 Å². The summed E-state index contributed by atoms with van der Waals surface area (Å²) in [6, 6.07) is 0. The Morgan fingerprint density at radius 3 is 1.30 bits per heavy atom. The molecule has 0 radical (unpaired) electrons. The molecule has 0 saturated carbocycles. The van der Waals surface area contributed by atoms with Crippen LogP contribution in [0.2, 0.25) is 0 Å². The van der Waals surface area contributed by atoms with E-state index in [9.17, 15) is 9.46 Å². The first kappa shape index (κ1) is 25.8. The molecule has 6 heteroatoms. The molecule has 0 amide bonds. The van der Waals surface area contributed by atoms with Crippen LogP contribution in [-0.2, 0) is 13.6 Å². The molecule has 0 aliphatic rings. The first-order chi connectivity index (χ1) is 10.8. The molecule has 0 aromatic rings. The average Bonchev–Trinajstić information content (AvgIpc) is 2.50. The van der Waals surface area contributed by atoms with E-state index in [0.717, 1.165) is 0 Å². The van der Waals surface area contributed by atoms with Crippen LogP contribution in [0.3, 0.4) is 0 Å². The van der Waals surface area contributed by atoms with Gasteiger partial charge in [-0.2, -0.15) is 0 Å². The lowest BCUT2D eigenvalue weighted by molar-refractivity contribution is -0.224. The van der Waals surface area contributed by atoms with Gasteiger partial charge in [0.05, 0.1) is 31.7 Å². The lowest BCUT2D eigenvalue weighted by atomic mass is 10.4. The molecule has 0 atom stereocenters. The summed E-state index contributed by atoms with van der Waals surface area (Å²) in [4.78, 5) is 10.4. The van der Waals surface area contributed by atoms with E-state index in [0.29, 0.717) is 0 Å². The molecule has 0 bridgehead atoms. The Morgan fingerprint density at radius 2 is 1.09 bits per heavy atom. The van der Waals surface area contributed by atoms with Crippen molar-refractivity contribution >= 4 is 15.1 Å². The first-order valence-corrected chi connectivity index (χ1v) is 13.5. The number of hydrogen-bond acceptors (Lipinski definition) is 4. The topological polar surface area (TPSA) is 58.6 Å². The van der Waals surface area contributed by atoms with Gasteiger partial charge in [0.1, 0.15) is 0 Å². The standard InChI is InChI=1S/C13H30P.C4H11O4P/c1-5-8-11-14(4,12-9-6-2)13-10-7-3;1-3-7-9(5,6)8-4-2/h5-13H2,1-4H3;3-4H2,1-2H3,(H,5,6)/q+1;/p-1. The summed E-state index contributed by atoms with van der Waals surface area (Å²) >= 11 is 0. The lowest BCUT2D eigenvalue weighted by Crippen LogP contribution is -2.07. The van der Waals surface area contributed by atoms with Crippen molar-refractivity contribution in [2.75, 3.05) is 38.4 Å². The van der Waals surface area contributed by atoms with Crippen LogP contribution in [-0.4, -0.2) is 38.4 Å². The maximum atomic E-state index is 10.4. The number of phosphoric acid groups is 1. The SMILES string of the molecule is CCCC[P+](C)(CCCC)CCCC.CCOP(=O)([O-])OCC. The van der Waals surface area contributed by atoms with Crippen molar-refractivity contribution in [1.82, 2.24) is 0 Å². The molecule has 23 heavy (non-hydrogen) atoms. The van der Waals surface area contributed by atoms with Crippen LogP contribution in [0.15, 0.2) is 0 Å². The molecule has 4 nitrogen and oxygen atoms in total. The Kier molecular flexibility index (Phi) is 18.0. The zero-order valence-corrected chi connectivity index (χ0v) is 18.1. The number of unbranched alkanes of at least 4 members (excludes halogenated alkanes) is 3. The minimum absolute atomic E-state index is 0.126. The third-order valence-electron chi connectivity index (χ3n) is 3.73. The largest absolute Gasteiger partial charge is 0.756 e. The normalized spacial score (nSPS) is 12.0. The van der Waals surface area contributed by atoms with Crippen molar-refractivity contribution in [2.24, 2.45) is 0 Å². The fourth-order valence-corrected chi connectivity index (χ4v) is 6.93. The highest BCUT2D eigenvalue weighted by Gasteiger charge is 2.28. The number of hydrogen-bond donors (Lipinski definition) is 0. The molecule has 0 aliphatic heterocycles. The highest BCUT2D eigenvalue weighted by Crippen LogP contribution is 2.57. The minimum Gasteiger partial charge on any atom is -0.756 e. The molecule has 0 heterocycles. The Morgan fingerprint density at radius 1 is 0.783 bits per heavy atom. The van der Waals surface area contributed by atoms with Crippen molar-refractivity contribution < 1.29 is 18.5 Å². The fraction of sp³-hybridized carbons (Fsp3) is 1.00. The second kappa shape index (κ2) is 16.0. The van der Waals surface area contributed by atoms with Crippen LogP contribution in [0, 0.1) is 0 Å². The molecule has 0 saturated heterocycles. The summed E-state index contributed by atoms with van der Waals surface area (Å²) in [6.45, 7) is 13.0. The summed E-state index contributed by atoms with van der Waals surface area (Å²) in [5, 5.41) is 0. The molecule has 0 N–H and O–H groups in total. The maximum Gasteiger partial charge on any atom is 0.267 e. The lowest BCUT2D eigenvalue weighted by Gasteiger charge is -2.22. The molecule has 0 aromatic heterocycles. The highest BCUT2D eigenvalue weighted by atomic mass is 31.2. The van der Waals surface area contributed by atoms with E-state index in [1.165, 1.54) is 38.5 Å². The minimum atomic E-state index is -3.94. The molecule has 0 aliphatic carbocycles. The molecule has 0 rings (SSSR count). The molecular weight excluding hydrogens is 330 g/mol. The predicted octanol–water partition coefficient (Wildman–Crippen LogP) is 5.56. The molecule has 142 valence electrons. The highest BCUT2D eigenvalue weighted by molar-refractivity contribution is 7.75. The van der Waals surface area contributed by atoms with E-state index < -0.39 is 15.1 Å². The Balaban J connectivity index is 0. The van der Waals surface area contributed by atoms with Crippen LogP contribution < -0.4 is 4.89 Å². The van der Waals surface area contributed by atoms with Crippen molar-refractivity contribution in [3.8, 4) is 0 Å². The molecule has 0 fully saturated rings. The zero-order valence-electron chi connectivity index (χ0n) is 16.3. The third kappa shape index (κ3) is 17.2. The van der Waals surface area contributed by atoms with E-state index in [-0.39, 0.29) is 13.2 Å². The van der Waals surface area contributed by atoms with Crippen LogP contribution in [0.4, 0.5) is 0 Å². The second-order valence-corrected chi connectivity index (χ2v) is 12.1. The Hall–Kier alpha value is 0.540. The maximum absolute atomic E-state index is 10.4. The quantitative estimate of drug-likeness (QED) is 0.398. The van der Waals surface area contributed by atoms with Gasteiger partial charge in [-0.05, 0) is 33.1 Å². The molecule has 0 aromatic carbocycles. The van der Waals surface area contributed by atoms with Crippen molar-refractivity contribution in [2.45, 2.75) is 73.1 Å². The monoisotopic (exact) mass is 370 g/mol. The summed E-state index contributed by atoms with van der Waals surface area (Å²) in [5.41, 5.74) is 0. The molecule has 0 spiro atoms. The van der Waals surface area contributed by atoms with Crippen LogP contribution in [0.5, 0.6) is 0 Å². The van der Waals surface area contributed by atoms with Crippen molar-refractivity contribution in [3.63, 3.8) is 0 Å². The van der Waals surface area contributed by atoms with Gasteiger partial charge in [-0.1, -0.05) is 40.0 Å². The molecular formula is C17H40O4P2. The number of rotatable bonds is 13. The number of phosphoric ester groups is 1. The first-order valence-electron chi connectivity index (χ1n) is 9.24. The summed E-state index contributed by atoms with van der Waals surface area (Å²) in [7, 11) is -4.46. The van der Waals surface area contributed by atoms with Gasteiger partial charge in [-0.3, -0.25) is 4.57 Å². The van der Waals surface area contributed by atoms with E-state index in [1.54, 1.807) is 32.3 Å². The van der Waals surface area contributed by atoms with Crippen LogP contribution in [0.25, 0.3) is 0 Å². The second-order valence-electron chi connectivity index (χ2n) is 6.13. The van der Waals surface area contributed by atoms with Gasteiger partial charge in [-0.15, -0.1) is 0 Å². The average molecular weight is 370 g/mol. The van der Waals surface area contributed by atoms with E-state index >= 15 is 0 Å². The Labute approximate surface area is 145 Å². The zero-order chi connectivity index (χ0) is 18.2. The summed E-state index contributed by atoms with van der Waals surface area (Å²) < 4.78 is 18.9. The van der Waals surface area contributed by atoms with E-state index in [1.807, 2.05) is 0 Å². The van der Waals surface area contributed by atoms with Gasteiger partial charge in [0.2, 0.25) is 0 Å². The van der Waals surface area contributed by atoms with Gasteiger partial charge < -0.3 is 13.9 Å². The van der Waals surface area contributed by atoms with E-state index in [2.05, 4.69) is 36.5 Å². The van der Waals surface area contributed by atoms with Gasteiger partial charge in [0.15, 0.2) is 0 Å². The fourth-order valence-electron chi connectivity index (χ4n) is 2.31. The van der Waals surface area contributed by atoms with Crippen LogP contribution >= 0.6 is 15.1 Å². The summed E-state index contributed by atoms with van der Waals surface area (Å²) in [5.74, 6) is 0. The van der Waals surface area contributed by atoms with Crippen LogP contribution in [0.1, 0.15) is 73.1 Å². The van der Waals surface area contributed by atoms with Gasteiger partial charge in [-0.25, -0.2) is 0 Å². The third-order valence-corrected chi connectivity index (χ3v) is 9.07. The summed E-state index contributed by atoms with van der Waals surface area (Å²) in [6.07, 6.45) is 13.2. The van der Waals surface area contributed by atoms with Gasteiger partial charge >= 0.3 is 0 Å². The van der Waals surface area contributed by atoms with Crippen molar-refractivity contribution in [3.05, 3.63) is 0 Å². The smallest absolute Gasteiger partial charge is 0.267 e. The Bertz CT molecular complexity index is 267. The van der Waals surface area contributed by atoms with Crippen molar-refractivity contribution in [1.29, 1.82) is 0 Å².